The summed E-state index contributed by atoms with van der Waals surface area (Å²) >= 11 is 3.25. The largest absolute Gasteiger partial charge is 0.444 e. The lowest BCUT2D eigenvalue weighted by Crippen LogP contribution is -2.54. The van der Waals surface area contributed by atoms with E-state index in [9.17, 15) is 24.0 Å². The van der Waals surface area contributed by atoms with Crippen LogP contribution in [0.15, 0.2) is 80.7 Å². The smallest absolute Gasteiger partial charge is 0.410 e. The van der Waals surface area contributed by atoms with Crippen LogP contribution in [0.3, 0.4) is 0 Å². The number of ether oxygens (including phenoxy) is 1. The van der Waals surface area contributed by atoms with Gasteiger partial charge in [0.1, 0.15) is 29.5 Å². The molecule has 0 aliphatic carbocycles. The van der Waals surface area contributed by atoms with Crippen molar-refractivity contribution >= 4 is 64.0 Å². The predicted octanol–water partition coefficient (Wildman–Crippen LogP) is 13.5. The maximum atomic E-state index is 14.9. The molecule has 0 bridgehead atoms. The third-order valence-electron chi connectivity index (χ3n) is 21.9. The van der Waals surface area contributed by atoms with Gasteiger partial charge in [0, 0.05) is 70.5 Å². The Kier molecular flexibility index (Phi) is 22.2. The van der Waals surface area contributed by atoms with Gasteiger partial charge in [0.05, 0.1) is 44.2 Å². The zero-order valence-corrected chi connectivity index (χ0v) is 61.1. The molecule has 6 saturated heterocycles. The second-order valence-corrected chi connectivity index (χ2v) is 32.7. The number of aryl methyl sites for hydroxylation is 2. The molecule has 9 atom stereocenters. The molecule has 6 aliphatic rings. The molecule has 20 nitrogen and oxygen atoms in total. The number of carbonyl (C=O) groups excluding carboxylic acids is 5. The lowest BCUT2D eigenvalue weighted by atomic mass is 9.76. The summed E-state index contributed by atoms with van der Waals surface area (Å²) in [5, 5.41) is 19.6. The average molecular weight is 1380 g/mol. The number of nitrogens with zero attached hydrogens (tertiary/aromatic N) is 9. The Morgan fingerprint density at radius 2 is 1.10 bits per heavy atom. The van der Waals surface area contributed by atoms with Crippen LogP contribution in [0.5, 0.6) is 0 Å². The number of thiazole rings is 2. The summed E-state index contributed by atoms with van der Waals surface area (Å²) in [7, 11) is 0. The van der Waals surface area contributed by atoms with Crippen LogP contribution in [0.2, 0.25) is 0 Å². The summed E-state index contributed by atoms with van der Waals surface area (Å²) in [6.45, 7) is 29.1. The first-order valence-electron chi connectivity index (χ1n) is 36.4. The van der Waals surface area contributed by atoms with Crippen molar-refractivity contribution in [2.24, 2.45) is 41.4 Å². The van der Waals surface area contributed by atoms with Gasteiger partial charge in [-0.1, -0.05) is 93.5 Å². The van der Waals surface area contributed by atoms with Crippen molar-refractivity contribution in [3.63, 3.8) is 0 Å². The standard InChI is InChI=1S/C76H104N12O8S2/c1-45(2)67(73(91)87-28-12-14-61(87)71(89)80-48(6)54-16-20-56(21-17-54)69-49(7)78-43-97-69)63-39-66(83-95-63)85-32-26-52(27-33-85)37-58-40-77-59(58)34-47(5)35-60(55-18-22-57(23-19-55)70-50(8)79-44-98-70)81-72(90)62-15-13-29-88(62)74(92)68(46(3)4)64-38-65(82-96-64)84-30-24-51(25-31-84)36-53-41-86(42-53)75(93)94-76(9,10)11/h16-23,38-39,43-48,51-53,58-62,67-68,77H,12-15,24-37,40-42H2,1-11H3,(H,80,89)(H,81,90)/t47-,48+,58?,59?,60+,61+,62+,67+,68+/m1/s1. The summed E-state index contributed by atoms with van der Waals surface area (Å²) in [6.07, 6.45) is 10.6. The van der Waals surface area contributed by atoms with Crippen LogP contribution in [0.25, 0.3) is 20.9 Å². The fourth-order valence-electron chi connectivity index (χ4n) is 16.3. The van der Waals surface area contributed by atoms with Gasteiger partial charge in [-0.15, -0.1) is 22.7 Å². The number of rotatable bonds is 24. The number of anilines is 2. The van der Waals surface area contributed by atoms with E-state index in [0.717, 1.165) is 165 Å². The molecule has 0 spiro atoms. The number of likely N-dealkylation sites (tertiary alicyclic amines) is 3. The molecule has 98 heavy (non-hydrogen) atoms. The second kappa shape index (κ2) is 30.7. The molecular formula is C76H104N12O8S2. The molecule has 5 amide bonds. The van der Waals surface area contributed by atoms with Crippen molar-refractivity contribution in [3.05, 3.63) is 106 Å². The molecular weight excluding hydrogens is 1270 g/mol. The highest BCUT2D eigenvalue weighted by molar-refractivity contribution is 7.13. The molecule has 22 heteroatoms. The van der Waals surface area contributed by atoms with Crippen LogP contribution in [0.1, 0.15) is 197 Å². The van der Waals surface area contributed by atoms with E-state index in [0.29, 0.717) is 67.2 Å². The summed E-state index contributed by atoms with van der Waals surface area (Å²) in [6, 6.07) is 19.5. The third kappa shape index (κ3) is 16.3. The van der Waals surface area contributed by atoms with Crippen LogP contribution in [0.4, 0.5) is 16.4 Å². The molecule has 6 aromatic rings. The van der Waals surface area contributed by atoms with Crippen LogP contribution in [0, 0.1) is 55.3 Å². The Bertz CT molecular complexity index is 3680. The van der Waals surface area contributed by atoms with Crippen LogP contribution >= 0.6 is 22.7 Å². The van der Waals surface area contributed by atoms with Crippen molar-refractivity contribution in [1.29, 1.82) is 0 Å². The minimum Gasteiger partial charge on any atom is -0.444 e. The Labute approximate surface area is 587 Å². The Balaban J connectivity index is 0.626. The number of piperidine rings is 2. The fraction of sp³-hybridized carbons (Fsp3) is 0.618. The fourth-order valence-corrected chi connectivity index (χ4v) is 17.9. The van der Waals surface area contributed by atoms with E-state index < -0.39 is 29.5 Å². The number of amides is 5. The summed E-state index contributed by atoms with van der Waals surface area (Å²) in [5.74, 6) is 3.29. The zero-order valence-electron chi connectivity index (χ0n) is 59.5. The lowest BCUT2D eigenvalue weighted by molar-refractivity contribution is -0.141. The van der Waals surface area contributed by atoms with E-state index in [1.807, 2.05) is 97.3 Å². The van der Waals surface area contributed by atoms with E-state index in [-0.39, 0.29) is 59.6 Å². The first-order chi connectivity index (χ1) is 47.0. The van der Waals surface area contributed by atoms with Crippen molar-refractivity contribution in [2.75, 3.05) is 68.7 Å². The summed E-state index contributed by atoms with van der Waals surface area (Å²) < 4.78 is 17.7. The van der Waals surface area contributed by atoms with Crippen molar-refractivity contribution in [3.8, 4) is 20.9 Å². The molecule has 2 aromatic carbocycles. The summed E-state index contributed by atoms with van der Waals surface area (Å²) in [5.41, 5.74) is 9.49. The van der Waals surface area contributed by atoms with Crippen LogP contribution in [-0.2, 0) is 23.9 Å². The molecule has 12 rings (SSSR count). The molecule has 4 aromatic heterocycles. The average Bonchev–Trinajstić information content (AvgIpc) is 1.53. The van der Waals surface area contributed by atoms with Crippen molar-refractivity contribution < 1.29 is 37.8 Å². The van der Waals surface area contributed by atoms with Gasteiger partial charge in [-0.3, -0.25) is 19.2 Å². The van der Waals surface area contributed by atoms with Gasteiger partial charge in [0.15, 0.2) is 23.2 Å². The number of benzene rings is 2. The van der Waals surface area contributed by atoms with Crippen LogP contribution < -0.4 is 25.8 Å². The van der Waals surface area contributed by atoms with E-state index >= 15 is 0 Å². The molecule has 0 saturated carbocycles. The normalized spacial score (nSPS) is 22.0. The minimum atomic E-state index is -0.607. The zero-order chi connectivity index (χ0) is 69.1. The minimum absolute atomic E-state index is 0.0713. The molecule has 6 fully saturated rings. The Hall–Kier alpha value is -7.17. The first-order valence-corrected chi connectivity index (χ1v) is 38.1. The van der Waals surface area contributed by atoms with E-state index in [4.69, 9.17) is 13.8 Å². The van der Waals surface area contributed by atoms with Crippen molar-refractivity contribution in [1.82, 2.24) is 50.9 Å². The van der Waals surface area contributed by atoms with Crippen molar-refractivity contribution in [2.45, 2.75) is 201 Å². The Morgan fingerprint density at radius 3 is 1.55 bits per heavy atom. The van der Waals surface area contributed by atoms with Gasteiger partial charge in [-0.05, 0) is 189 Å². The molecule has 528 valence electrons. The van der Waals surface area contributed by atoms with Gasteiger partial charge in [-0.25, -0.2) is 14.8 Å². The maximum absolute atomic E-state index is 14.9. The second-order valence-electron chi connectivity index (χ2n) is 31.0. The monoisotopic (exact) mass is 1380 g/mol. The van der Waals surface area contributed by atoms with Gasteiger partial charge in [0.2, 0.25) is 23.6 Å². The highest BCUT2D eigenvalue weighted by Crippen LogP contribution is 2.41. The quantitative estimate of drug-likeness (QED) is 0.0512. The van der Waals surface area contributed by atoms with Gasteiger partial charge in [-0.2, -0.15) is 0 Å². The molecule has 0 radical (unpaired) electrons. The van der Waals surface area contributed by atoms with E-state index in [1.54, 1.807) is 32.5 Å². The van der Waals surface area contributed by atoms with Gasteiger partial charge >= 0.3 is 6.09 Å². The van der Waals surface area contributed by atoms with Gasteiger partial charge < -0.3 is 54.2 Å². The number of aromatic nitrogens is 4. The number of carbonyl (C=O) groups is 5. The van der Waals surface area contributed by atoms with Gasteiger partial charge in [0.25, 0.3) is 0 Å². The highest BCUT2D eigenvalue weighted by Gasteiger charge is 2.44. The molecule has 2 unspecified atom stereocenters. The maximum Gasteiger partial charge on any atom is 0.410 e. The SMILES string of the molecule is Cc1ncsc1-c1ccc([C@H](C)NC(=O)[C@@H]2CCCN2C(=O)[C@H](c2cc(N3CCC(CC4CNC4C[C@@H](C)C[C@H](NC(=O)[C@@H]4CCCN4C(=O)[C@H](c4cc(N5CCC(CC6CN(C(=O)OC(C)(C)C)C6)CC5)no4)C(C)C)c4ccc(-c5scnc5C)cc4)CC3)no2)C(C)C)cc1. The highest BCUT2D eigenvalue weighted by atomic mass is 32.1. The number of nitrogens with one attached hydrogen (secondary N) is 3. The number of hydrogen-bond donors (Lipinski definition) is 3. The van der Waals surface area contributed by atoms with E-state index in [2.05, 4.69) is 101 Å². The topological polar surface area (TPSA) is 225 Å². The predicted molar refractivity (Wildman–Crippen MR) is 384 cm³/mol. The molecule has 10 heterocycles. The third-order valence-corrected chi connectivity index (χ3v) is 23.9. The molecule has 3 N–H and O–H groups in total. The van der Waals surface area contributed by atoms with E-state index in [1.165, 1.54) is 0 Å². The number of hydrogen-bond acceptors (Lipinski definition) is 17. The molecule has 6 aliphatic heterocycles. The summed E-state index contributed by atoms with van der Waals surface area (Å²) in [4.78, 5) is 91.9. The first kappa shape index (κ1) is 70.7. The lowest BCUT2D eigenvalue weighted by Gasteiger charge is -2.43. The Morgan fingerprint density at radius 1 is 0.622 bits per heavy atom. The van der Waals surface area contributed by atoms with Crippen LogP contribution in [-0.4, -0.2) is 147 Å².